The molecule has 15 rings (SSSR count). The first kappa shape index (κ1) is 76.5. The highest BCUT2D eigenvalue weighted by Gasteiger charge is 2.42. The zero-order valence-electron chi connectivity index (χ0n) is 61.4. The number of H-pyrrole nitrogens is 3. The maximum absolute atomic E-state index is 13.4. The Hall–Kier alpha value is -9.73. The molecule has 6 aromatic carbocycles. The smallest absolute Gasteiger partial charge is 0.321 e. The molecule has 3 unspecified atom stereocenters. The van der Waals surface area contributed by atoms with Crippen LogP contribution in [0, 0.1) is 30.5 Å². The number of carboxylic acid groups (broad SMARTS) is 3. The molecule has 0 radical (unpaired) electrons. The molecule has 6 aliphatic heterocycles. The van der Waals surface area contributed by atoms with Gasteiger partial charge in [0, 0.05) is 113 Å². The van der Waals surface area contributed by atoms with Gasteiger partial charge >= 0.3 is 17.9 Å². The van der Waals surface area contributed by atoms with Crippen LogP contribution in [0.1, 0.15) is 134 Å². The van der Waals surface area contributed by atoms with Crippen molar-refractivity contribution in [2.75, 3.05) is 78.5 Å². The molecular formula is C88H99BrFN9O9. The molecule has 6 fully saturated rings. The van der Waals surface area contributed by atoms with Crippen molar-refractivity contribution in [3.63, 3.8) is 0 Å². The monoisotopic (exact) mass is 1520 g/mol. The summed E-state index contributed by atoms with van der Waals surface area (Å²) in [6, 6.07) is 45.6. The highest BCUT2D eigenvalue weighted by atomic mass is 79.9. The minimum absolute atomic E-state index is 0.000411. The summed E-state index contributed by atoms with van der Waals surface area (Å²) in [6.07, 6.45) is 26.3. The number of aromatic nitrogens is 3. The maximum Gasteiger partial charge on any atom is 0.321 e. The number of aliphatic carboxylic acids is 3. The van der Waals surface area contributed by atoms with Crippen LogP contribution in [0.5, 0.6) is 0 Å². The third kappa shape index (κ3) is 18.9. The average molecular weight is 1530 g/mol. The van der Waals surface area contributed by atoms with E-state index >= 15 is 0 Å². The van der Waals surface area contributed by atoms with Crippen molar-refractivity contribution in [3.05, 3.63) is 232 Å². The molecule has 6 N–H and O–H groups in total. The molecule has 564 valence electrons. The molecule has 0 saturated carbocycles. The number of rotatable bonds is 18. The molecule has 3 amide bonds. The van der Waals surface area contributed by atoms with Gasteiger partial charge in [-0.1, -0.05) is 125 Å². The number of nitrogens with one attached hydrogen (secondary N) is 3. The summed E-state index contributed by atoms with van der Waals surface area (Å²) in [5.41, 5.74) is 11.3. The Bertz CT molecular complexity index is 4460. The molecule has 9 aromatic rings. The van der Waals surface area contributed by atoms with E-state index in [1.165, 1.54) is 56.6 Å². The van der Waals surface area contributed by atoms with E-state index < -0.39 is 36.0 Å². The normalized spacial score (nSPS) is 19.2. The molecule has 18 nitrogen and oxygen atoms in total. The summed E-state index contributed by atoms with van der Waals surface area (Å²) in [5.74, 6) is -1.23. The number of hydrogen-bond donors (Lipinski definition) is 6. The topological polar surface area (TPSA) is 230 Å². The van der Waals surface area contributed by atoms with E-state index in [1.807, 2.05) is 95.6 Å². The largest absolute Gasteiger partial charge is 0.480 e. The van der Waals surface area contributed by atoms with E-state index in [1.54, 1.807) is 35.3 Å². The number of halogens is 2. The molecule has 3 atom stereocenters. The molecule has 0 aliphatic carbocycles. The zero-order chi connectivity index (χ0) is 75.2. The van der Waals surface area contributed by atoms with E-state index in [-0.39, 0.29) is 41.3 Å². The van der Waals surface area contributed by atoms with Crippen molar-refractivity contribution in [2.24, 2.45) is 17.8 Å². The molecule has 0 bridgehead atoms. The SMILES string of the molecule is Cc1ccc(/C=C/C(=O)N2CCC(C(C(=O)O)N3CCC(c4c[nH]c5ccccc45)CC3)CC2)cc1.O=C(O)C(C1CCN(C(=O)/C=C/c2ccc(Br)cc2)CC1)N1CCC(c2c[nH]c3ccccc23)CC1.O=C(O)C(C1CCN(C(=O)/C=C/c2cccc(F)c2)CC1)N1CCC(c2c[nH]c3ccccc23)CC1. The first-order chi connectivity index (χ1) is 52.5. The number of carbonyl (C=O) groups excluding carboxylic acids is 3. The van der Waals surface area contributed by atoms with Crippen molar-refractivity contribution in [1.29, 1.82) is 0 Å². The lowest BCUT2D eigenvalue weighted by molar-refractivity contribution is -0.148. The second kappa shape index (κ2) is 36.0. The lowest BCUT2D eigenvalue weighted by Crippen LogP contribution is -2.52. The molecule has 0 spiro atoms. The summed E-state index contributed by atoms with van der Waals surface area (Å²) in [5, 5.41) is 34.2. The van der Waals surface area contributed by atoms with Crippen LogP contribution in [0.4, 0.5) is 4.39 Å². The minimum Gasteiger partial charge on any atom is -0.480 e. The van der Waals surface area contributed by atoms with Crippen LogP contribution in [0.15, 0.2) is 187 Å². The number of para-hydroxylation sites is 3. The summed E-state index contributed by atoms with van der Waals surface area (Å²) < 4.78 is 14.4. The summed E-state index contributed by atoms with van der Waals surface area (Å²) in [7, 11) is 0. The van der Waals surface area contributed by atoms with Gasteiger partial charge in [-0.2, -0.15) is 0 Å². The second-order valence-electron chi connectivity index (χ2n) is 30.2. The van der Waals surface area contributed by atoms with Gasteiger partial charge in [-0.05, 0) is 253 Å². The van der Waals surface area contributed by atoms with Gasteiger partial charge < -0.3 is 45.0 Å². The maximum atomic E-state index is 13.4. The number of nitrogens with zero attached hydrogens (tertiary/aromatic N) is 6. The van der Waals surface area contributed by atoms with Gasteiger partial charge in [0.05, 0.1) is 0 Å². The predicted octanol–water partition coefficient (Wildman–Crippen LogP) is 15.5. The molecular weight excluding hydrogens is 1430 g/mol. The summed E-state index contributed by atoms with van der Waals surface area (Å²) in [6.45, 7) is 10.2. The van der Waals surface area contributed by atoms with Gasteiger partial charge in [0.15, 0.2) is 0 Å². The van der Waals surface area contributed by atoms with Gasteiger partial charge in [-0.3, -0.25) is 43.5 Å². The van der Waals surface area contributed by atoms with Gasteiger partial charge in [0.2, 0.25) is 17.7 Å². The van der Waals surface area contributed by atoms with E-state index in [2.05, 4.69) is 119 Å². The predicted molar refractivity (Wildman–Crippen MR) is 427 cm³/mol. The van der Waals surface area contributed by atoms with Crippen LogP contribution in [0.2, 0.25) is 0 Å². The third-order valence-electron chi connectivity index (χ3n) is 23.7. The molecule has 108 heavy (non-hydrogen) atoms. The number of amides is 3. The van der Waals surface area contributed by atoms with Gasteiger partial charge in [-0.15, -0.1) is 0 Å². The van der Waals surface area contributed by atoms with E-state index in [4.69, 9.17) is 0 Å². The Morgan fingerprint density at radius 2 is 0.694 bits per heavy atom. The van der Waals surface area contributed by atoms with Crippen LogP contribution in [-0.2, 0) is 28.8 Å². The number of benzene rings is 6. The molecule has 20 heteroatoms. The molecule has 6 aliphatic rings. The van der Waals surface area contributed by atoms with Gasteiger partial charge in [0.25, 0.3) is 0 Å². The number of piperidine rings is 6. The fraction of sp³-hybridized carbons (Fsp3) is 0.386. The first-order valence-corrected chi connectivity index (χ1v) is 39.3. The molecule has 3 aromatic heterocycles. The van der Waals surface area contributed by atoms with E-state index in [9.17, 15) is 48.5 Å². The van der Waals surface area contributed by atoms with E-state index in [0.717, 1.165) is 136 Å². The number of likely N-dealkylation sites (tertiary alicyclic amines) is 6. The van der Waals surface area contributed by atoms with Crippen molar-refractivity contribution < 1.29 is 48.5 Å². The fourth-order valence-corrected chi connectivity index (χ4v) is 18.0. The summed E-state index contributed by atoms with van der Waals surface area (Å²) in [4.78, 5) is 97.1. The Balaban J connectivity index is 0.000000143. The average Bonchev–Trinajstić information content (AvgIpc) is 1.41. The lowest BCUT2D eigenvalue weighted by atomic mass is 9.84. The Morgan fingerprint density at radius 3 is 1.01 bits per heavy atom. The van der Waals surface area contributed by atoms with Crippen LogP contribution in [0.3, 0.4) is 0 Å². The summed E-state index contributed by atoms with van der Waals surface area (Å²) >= 11 is 3.42. The van der Waals surface area contributed by atoms with Crippen molar-refractivity contribution >= 4 is 102 Å². The zero-order valence-corrected chi connectivity index (χ0v) is 63.0. The fourth-order valence-electron chi connectivity index (χ4n) is 17.7. The quantitative estimate of drug-likeness (QED) is 0.0441. The van der Waals surface area contributed by atoms with Crippen molar-refractivity contribution in [2.45, 2.75) is 120 Å². The highest BCUT2D eigenvalue weighted by molar-refractivity contribution is 9.10. The number of fused-ring (bicyclic) bond motifs is 3. The molecule has 9 heterocycles. The van der Waals surface area contributed by atoms with Crippen molar-refractivity contribution in [3.8, 4) is 0 Å². The number of aryl methyl sites for hydroxylation is 1. The van der Waals surface area contributed by atoms with Crippen LogP contribution < -0.4 is 0 Å². The van der Waals surface area contributed by atoms with Crippen LogP contribution in [-0.4, -0.2) is 192 Å². The third-order valence-corrected chi connectivity index (χ3v) is 24.2. The standard InChI is InChI=1S/C30H35N3O3.C29H32BrN3O3.C29H32FN3O3/c1-21-6-8-22(9-7-21)10-11-28(34)32-16-14-24(15-17-32)29(30(35)36)33-18-12-23(13-19-33)26-20-31-27-5-3-2-4-25(26)27;30-23-8-5-20(6-9-23)7-10-27(34)32-15-13-22(14-16-32)28(29(35)36)33-17-11-21(12-18-33)25-19-31-26-4-2-1-3-24(25)26;30-23-5-3-4-20(18-23)8-9-27(34)32-14-12-22(13-15-32)28(29(35)36)33-16-10-21(11-17-33)25-19-31-26-7-2-1-6-24(25)26/h2-11,20,23-24,29,31H,12-19H2,1H3,(H,35,36);1-10,19,21-22,28,31H,11-18H2,(H,35,36);1-9,18-19,21-22,28,31H,10-17H2,(H,35,36)/b11-10+;10-7+;9-8+. The Labute approximate surface area is 639 Å². The van der Waals surface area contributed by atoms with E-state index in [0.29, 0.717) is 75.4 Å². The lowest BCUT2D eigenvalue weighted by Gasteiger charge is -2.41. The van der Waals surface area contributed by atoms with Crippen LogP contribution in [0.25, 0.3) is 50.9 Å². The number of carbonyl (C=O) groups is 6. The molecule has 6 saturated heterocycles. The number of hydrogen-bond acceptors (Lipinski definition) is 9. The number of aromatic amines is 3. The highest BCUT2D eigenvalue weighted by Crippen LogP contribution is 2.40. The number of carboxylic acids is 3. The van der Waals surface area contributed by atoms with Crippen molar-refractivity contribution in [1.82, 2.24) is 44.4 Å². The Morgan fingerprint density at radius 1 is 0.389 bits per heavy atom. The minimum atomic E-state index is -0.767. The second-order valence-corrected chi connectivity index (χ2v) is 31.1. The van der Waals surface area contributed by atoms with Crippen LogP contribution >= 0.6 is 15.9 Å². The Kier molecular flexibility index (Phi) is 25.5. The first-order valence-electron chi connectivity index (χ1n) is 38.6. The van der Waals surface area contributed by atoms with Gasteiger partial charge in [-0.25, -0.2) is 4.39 Å². The van der Waals surface area contributed by atoms with Gasteiger partial charge in [0.1, 0.15) is 23.9 Å².